The molecule has 2 amide bonds. The lowest BCUT2D eigenvalue weighted by Crippen LogP contribution is -2.37. The number of amides is 2. The summed E-state index contributed by atoms with van der Waals surface area (Å²) in [4.78, 5) is 37.7. The number of carboxylic acid groups (broad SMARTS) is 1. The number of carbonyl (C=O) groups excluding carboxylic acids is 2. The van der Waals surface area contributed by atoms with Crippen LogP contribution in [0.1, 0.15) is 62.4 Å². The summed E-state index contributed by atoms with van der Waals surface area (Å²) in [6.07, 6.45) is 2.11. The zero-order valence-electron chi connectivity index (χ0n) is 16.7. The highest BCUT2D eigenvalue weighted by atomic mass is 16.4. The Morgan fingerprint density at radius 2 is 1.81 bits per heavy atom. The Hall–Kier alpha value is -2.37. The van der Waals surface area contributed by atoms with Crippen molar-refractivity contribution in [3.05, 3.63) is 29.3 Å². The monoisotopic (exact) mass is 374 g/mol. The topological polar surface area (TPSA) is 86.7 Å². The molecule has 1 heterocycles. The number of carbonyl (C=O) groups is 3. The summed E-state index contributed by atoms with van der Waals surface area (Å²) in [6.45, 7) is 9.16. The molecular formula is C21H30N2O4. The van der Waals surface area contributed by atoms with Gasteiger partial charge in [-0.1, -0.05) is 20.8 Å². The number of hydrogen-bond acceptors (Lipinski definition) is 3. The number of hydrogen-bond donors (Lipinski definition) is 2. The zero-order chi connectivity index (χ0) is 20.2. The average Bonchev–Trinajstić information content (AvgIpc) is 2.55. The summed E-state index contributed by atoms with van der Waals surface area (Å²) in [5.41, 5.74) is 1.47. The molecule has 1 aromatic carbocycles. The predicted octanol–water partition coefficient (Wildman–Crippen LogP) is 3.70. The number of rotatable bonds is 6. The third-order valence-corrected chi connectivity index (χ3v) is 5.09. The summed E-state index contributed by atoms with van der Waals surface area (Å²) in [5.74, 6) is -0.448. The second-order valence-corrected chi connectivity index (χ2v) is 8.46. The van der Waals surface area contributed by atoms with Gasteiger partial charge >= 0.3 is 5.97 Å². The number of aryl methyl sites for hydroxylation is 1. The molecule has 6 heteroatoms. The van der Waals surface area contributed by atoms with E-state index in [1.54, 1.807) is 32.0 Å². The lowest BCUT2D eigenvalue weighted by molar-refractivity contribution is -0.139. The van der Waals surface area contributed by atoms with Crippen molar-refractivity contribution in [2.45, 2.75) is 53.4 Å². The van der Waals surface area contributed by atoms with Crippen molar-refractivity contribution < 1.29 is 19.5 Å². The van der Waals surface area contributed by atoms with Gasteiger partial charge in [0, 0.05) is 30.8 Å². The van der Waals surface area contributed by atoms with Crippen LogP contribution in [-0.2, 0) is 9.59 Å². The van der Waals surface area contributed by atoms with Crippen LogP contribution < -0.4 is 5.32 Å². The van der Waals surface area contributed by atoms with Gasteiger partial charge in [-0.25, -0.2) is 0 Å². The van der Waals surface area contributed by atoms with E-state index in [4.69, 9.17) is 5.11 Å². The van der Waals surface area contributed by atoms with Gasteiger partial charge in [0.2, 0.25) is 5.91 Å². The minimum Gasteiger partial charge on any atom is -0.481 e. The van der Waals surface area contributed by atoms with Gasteiger partial charge in [0.25, 0.3) is 5.91 Å². The summed E-state index contributed by atoms with van der Waals surface area (Å²) in [5, 5.41) is 11.8. The van der Waals surface area contributed by atoms with E-state index < -0.39 is 11.4 Å². The Balaban J connectivity index is 2.00. The molecule has 0 aromatic heterocycles. The Morgan fingerprint density at radius 3 is 2.37 bits per heavy atom. The van der Waals surface area contributed by atoms with Crippen molar-refractivity contribution >= 4 is 23.5 Å². The van der Waals surface area contributed by atoms with E-state index in [0.717, 1.165) is 31.5 Å². The lowest BCUT2D eigenvalue weighted by atomic mass is 9.85. The predicted molar refractivity (Wildman–Crippen MR) is 105 cm³/mol. The Labute approximate surface area is 160 Å². The maximum Gasteiger partial charge on any atom is 0.303 e. The van der Waals surface area contributed by atoms with Crippen molar-refractivity contribution in [1.29, 1.82) is 0 Å². The van der Waals surface area contributed by atoms with Crippen LogP contribution in [0.3, 0.4) is 0 Å². The molecule has 0 spiro atoms. The number of benzene rings is 1. The quantitative estimate of drug-likeness (QED) is 0.795. The fraction of sp³-hybridized carbons (Fsp3) is 0.571. The van der Waals surface area contributed by atoms with Gasteiger partial charge in [0.15, 0.2) is 0 Å². The van der Waals surface area contributed by atoms with Crippen LogP contribution in [0.2, 0.25) is 0 Å². The molecule has 0 unspecified atom stereocenters. The van der Waals surface area contributed by atoms with E-state index in [0.29, 0.717) is 17.2 Å². The second kappa shape index (κ2) is 8.55. The number of nitrogens with zero attached hydrogens (tertiary/aromatic N) is 1. The number of carboxylic acids is 1. The first-order chi connectivity index (χ1) is 12.6. The standard InChI is InChI=1S/C21H30N2O4/c1-14-7-9-23(10-8-14)20(27)16-5-6-17(15(2)11-16)22-18(24)12-21(3,4)13-19(25)26/h5-6,11,14H,7-10,12-13H2,1-4H3,(H,22,24)(H,25,26). The largest absolute Gasteiger partial charge is 0.481 e. The lowest BCUT2D eigenvalue weighted by Gasteiger charge is -2.30. The summed E-state index contributed by atoms with van der Waals surface area (Å²) in [7, 11) is 0. The van der Waals surface area contributed by atoms with Crippen molar-refractivity contribution in [2.24, 2.45) is 11.3 Å². The number of anilines is 1. The fourth-order valence-electron chi connectivity index (χ4n) is 3.43. The van der Waals surface area contributed by atoms with Crippen LogP contribution in [0.5, 0.6) is 0 Å². The van der Waals surface area contributed by atoms with Gasteiger partial charge in [0.05, 0.1) is 6.42 Å². The van der Waals surface area contributed by atoms with Crippen molar-refractivity contribution in [3.63, 3.8) is 0 Å². The van der Waals surface area contributed by atoms with E-state index in [-0.39, 0.29) is 24.7 Å². The molecule has 0 bridgehead atoms. The van der Waals surface area contributed by atoms with Gasteiger partial charge in [-0.15, -0.1) is 0 Å². The minimum absolute atomic E-state index is 0.0328. The summed E-state index contributed by atoms with van der Waals surface area (Å²) in [6, 6.07) is 5.29. The molecule has 0 saturated carbocycles. The minimum atomic E-state index is -0.918. The highest BCUT2D eigenvalue weighted by molar-refractivity contribution is 5.96. The first kappa shape index (κ1) is 20.9. The average molecular weight is 374 g/mol. The van der Waals surface area contributed by atoms with Crippen molar-refractivity contribution in [1.82, 2.24) is 4.90 Å². The van der Waals surface area contributed by atoms with Gasteiger partial charge in [-0.2, -0.15) is 0 Å². The third kappa shape index (κ3) is 6.08. The van der Waals surface area contributed by atoms with Crippen LogP contribution in [-0.4, -0.2) is 40.9 Å². The Bertz CT molecular complexity index is 719. The van der Waals surface area contributed by atoms with Crippen LogP contribution in [0, 0.1) is 18.3 Å². The first-order valence-electron chi connectivity index (χ1n) is 9.49. The van der Waals surface area contributed by atoms with Crippen LogP contribution >= 0.6 is 0 Å². The van der Waals surface area contributed by atoms with Crippen molar-refractivity contribution in [3.8, 4) is 0 Å². The molecule has 27 heavy (non-hydrogen) atoms. The highest BCUT2D eigenvalue weighted by Crippen LogP contribution is 2.27. The molecule has 2 rings (SSSR count). The molecule has 1 fully saturated rings. The molecule has 0 atom stereocenters. The van der Waals surface area contributed by atoms with E-state index in [2.05, 4.69) is 12.2 Å². The maximum atomic E-state index is 12.7. The number of piperidine rings is 1. The molecule has 1 aromatic rings. The summed E-state index contributed by atoms with van der Waals surface area (Å²) >= 11 is 0. The number of nitrogens with one attached hydrogen (secondary N) is 1. The van der Waals surface area contributed by atoms with Crippen LogP contribution in [0.4, 0.5) is 5.69 Å². The van der Waals surface area contributed by atoms with Gasteiger partial charge in [-0.05, 0) is 54.9 Å². The number of aliphatic carboxylic acids is 1. The molecule has 2 N–H and O–H groups in total. The fourth-order valence-corrected chi connectivity index (χ4v) is 3.43. The van der Waals surface area contributed by atoms with E-state index in [9.17, 15) is 14.4 Å². The van der Waals surface area contributed by atoms with E-state index >= 15 is 0 Å². The van der Waals surface area contributed by atoms with E-state index in [1.165, 1.54) is 0 Å². The van der Waals surface area contributed by atoms with Crippen molar-refractivity contribution in [2.75, 3.05) is 18.4 Å². The van der Waals surface area contributed by atoms with Gasteiger partial charge in [0.1, 0.15) is 0 Å². The third-order valence-electron chi connectivity index (χ3n) is 5.09. The molecule has 148 valence electrons. The first-order valence-corrected chi connectivity index (χ1v) is 9.49. The maximum absolute atomic E-state index is 12.7. The molecule has 0 aliphatic carbocycles. The smallest absolute Gasteiger partial charge is 0.303 e. The number of likely N-dealkylation sites (tertiary alicyclic amines) is 1. The SMILES string of the molecule is Cc1cc(C(=O)N2CCC(C)CC2)ccc1NC(=O)CC(C)(C)CC(=O)O. The molecule has 0 radical (unpaired) electrons. The molecule has 1 aliphatic rings. The normalized spacial score (nSPS) is 15.5. The zero-order valence-corrected chi connectivity index (χ0v) is 16.7. The van der Waals surface area contributed by atoms with Gasteiger partial charge < -0.3 is 15.3 Å². The summed E-state index contributed by atoms with van der Waals surface area (Å²) < 4.78 is 0. The van der Waals surface area contributed by atoms with E-state index in [1.807, 2.05) is 11.8 Å². The Morgan fingerprint density at radius 1 is 1.19 bits per heavy atom. The molecular weight excluding hydrogens is 344 g/mol. The Kier molecular flexibility index (Phi) is 6.63. The van der Waals surface area contributed by atoms with Crippen LogP contribution in [0.25, 0.3) is 0 Å². The molecule has 6 nitrogen and oxygen atoms in total. The highest BCUT2D eigenvalue weighted by Gasteiger charge is 2.26. The van der Waals surface area contributed by atoms with Gasteiger partial charge in [-0.3, -0.25) is 14.4 Å². The van der Waals surface area contributed by atoms with Crippen LogP contribution in [0.15, 0.2) is 18.2 Å². The second-order valence-electron chi connectivity index (χ2n) is 8.46. The molecule has 1 saturated heterocycles. The molecule has 1 aliphatic heterocycles.